The Morgan fingerprint density at radius 1 is 1.25 bits per heavy atom. The highest BCUT2D eigenvalue weighted by Gasteiger charge is 1.96. The van der Waals surface area contributed by atoms with Gasteiger partial charge in [-0.3, -0.25) is 9.59 Å². The first kappa shape index (κ1) is 14.3. The highest BCUT2D eigenvalue weighted by molar-refractivity contribution is 5.85. The summed E-state index contributed by atoms with van der Waals surface area (Å²) >= 11 is 0. The van der Waals surface area contributed by atoms with Crippen LogP contribution in [0.15, 0.2) is 30.3 Å². The summed E-state index contributed by atoms with van der Waals surface area (Å²) in [5.41, 5.74) is 6.26. The molecule has 0 aliphatic heterocycles. The summed E-state index contributed by atoms with van der Waals surface area (Å²) < 4.78 is 0. The van der Waals surface area contributed by atoms with Crippen molar-refractivity contribution in [2.75, 3.05) is 13.1 Å². The lowest BCUT2D eigenvalue weighted by Crippen LogP contribution is -2.33. The largest absolute Gasteiger partial charge is 0.348 e. The van der Waals surface area contributed by atoms with Gasteiger partial charge in [-0.05, 0) is 13.8 Å². The third-order valence-corrected chi connectivity index (χ3v) is 1.66. The zero-order valence-corrected chi connectivity index (χ0v) is 9.69. The number of Topliss-reactive ketones (excluding diaryl/α,β-unsaturated/α-hetero) is 1. The SMILES string of the molecule is CC(=O)CNC(=O)CN.Cc1ccccc1. The van der Waals surface area contributed by atoms with Gasteiger partial charge in [0.05, 0.1) is 13.1 Å². The van der Waals surface area contributed by atoms with E-state index in [2.05, 4.69) is 24.4 Å². The molecule has 0 aliphatic rings. The third kappa shape index (κ3) is 8.90. The van der Waals surface area contributed by atoms with E-state index < -0.39 is 0 Å². The molecule has 0 radical (unpaired) electrons. The summed E-state index contributed by atoms with van der Waals surface area (Å²) in [7, 11) is 0. The van der Waals surface area contributed by atoms with Gasteiger partial charge in [0, 0.05) is 0 Å². The van der Waals surface area contributed by atoms with Crippen LogP contribution in [0.5, 0.6) is 0 Å². The Labute approximate surface area is 95.8 Å². The van der Waals surface area contributed by atoms with E-state index in [1.165, 1.54) is 12.5 Å². The Hall–Kier alpha value is -1.68. The van der Waals surface area contributed by atoms with Crippen LogP contribution < -0.4 is 11.1 Å². The van der Waals surface area contributed by atoms with E-state index in [0.29, 0.717) is 0 Å². The van der Waals surface area contributed by atoms with Crippen molar-refractivity contribution in [1.82, 2.24) is 5.32 Å². The highest BCUT2D eigenvalue weighted by Crippen LogP contribution is 1.92. The van der Waals surface area contributed by atoms with Gasteiger partial charge in [0.25, 0.3) is 0 Å². The average molecular weight is 222 g/mol. The molecule has 16 heavy (non-hydrogen) atoms. The standard InChI is InChI=1S/C7H8.C5H10N2O2/c1-7-5-3-2-4-6-7;1-4(8)3-7-5(9)2-6/h2-6H,1H3;2-3,6H2,1H3,(H,7,9). The highest BCUT2D eigenvalue weighted by atomic mass is 16.2. The van der Waals surface area contributed by atoms with E-state index in [1.807, 2.05) is 18.2 Å². The van der Waals surface area contributed by atoms with Gasteiger partial charge in [0.1, 0.15) is 5.78 Å². The van der Waals surface area contributed by atoms with Crippen molar-refractivity contribution in [1.29, 1.82) is 0 Å². The van der Waals surface area contributed by atoms with Crippen LogP contribution in [-0.4, -0.2) is 24.8 Å². The number of ketones is 1. The zero-order valence-electron chi connectivity index (χ0n) is 9.69. The van der Waals surface area contributed by atoms with Crippen molar-refractivity contribution in [3.8, 4) is 0 Å². The second kappa shape index (κ2) is 8.61. The molecular formula is C12H18N2O2. The summed E-state index contributed by atoms with van der Waals surface area (Å²) in [4.78, 5) is 20.5. The fourth-order valence-electron chi connectivity index (χ4n) is 0.830. The molecule has 0 unspecified atom stereocenters. The lowest BCUT2D eigenvalue weighted by Gasteiger charge is -1.96. The smallest absolute Gasteiger partial charge is 0.234 e. The van der Waals surface area contributed by atoms with Crippen molar-refractivity contribution in [3.05, 3.63) is 35.9 Å². The van der Waals surface area contributed by atoms with Gasteiger partial charge in [-0.15, -0.1) is 0 Å². The number of hydrogen-bond donors (Lipinski definition) is 2. The molecule has 0 spiro atoms. The molecule has 1 amide bonds. The number of rotatable bonds is 3. The van der Waals surface area contributed by atoms with Crippen LogP contribution in [0.25, 0.3) is 0 Å². The van der Waals surface area contributed by atoms with E-state index in [4.69, 9.17) is 5.73 Å². The molecule has 1 aromatic carbocycles. The Morgan fingerprint density at radius 3 is 2.12 bits per heavy atom. The van der Waals surface area contributed by atoms with E-state index in [0.717, 1.165) is 0 Å². The third-order valence-electron chi connectivity index (χ3n) is 1.66. The minimum Gasteiger partial charge on any atom is -0.348 e. The van der Waals surface area contributed by atoms with E-state index in [9.17, 15) is 9.59 Å². The van der Waals surface area contributed by atoms with Crippen molar-refractivity contribution < 1.29 is 9.59 Å². The minimum atomic E-state index is -0.301. The fourth-order valence-corrected chi connectivity index (χ4v) is 0.830. The Morgan fingerprint density at radius 2 is 1.81 bits per heavy atom. The number of hydrogen-bond acceptors (Lipinski definition) is 3. The second-order valence-corrected chi connectivity index (χ2v) is 3.34. The second-order valence-electron chi connectivity index (χ2n) is 3.34. The molecule has 0 atom stereocenters. The van der Waals surface area contributed by atoms with Crippen LogP contribution in [-0.2, 0) is 9.59 Å². The zero-order chi connectivity index (χ0) is 12.4. The molecule has 0 aromatic heterocycles. The maximum absolute atomic E-state index is 10.3. The van der Waals surface area contributed by atoms with E-state index in [-0.39, 0.29) is 24.8 Å². The lowest BCUT2D eigenvalue weighted by atomic mass is 10.2. The molecule has 1 rings (SSSR count). The number of carbonyl (C=O) groups excluding carboxylic acids is 2. The predicted octanol–water partition coefficient (Wildman–Crippen LogP) is 0.645. The average Bonchev–Trinajstić information content (AvgIpc) is 2.27. The number of benzene rings is 1. The van der Waals surface area contributed by atoms with Crippen LogP contribution in [0.1, 0.15) is 12.5 Å². The van der Waals surface area contributed by atoms with Crippen LogP contribution in [0, 0.1) is 6.92 Å². The minimum absolute atomic E-state index is 0.0622. The maximum Gasteiger partial charge on any atom is 0.234 e. The van der Waals surface area contributed by atoms with Gasteiger partial charge in [-0.2, -0.15) is 0 Å². The normalized spacial score (nSPS) is 8.69. The van der Waals surface area contributed by atoms with Crippen molar-refractivity contribution in [2.24, 2.45) is 5.73 Å². The Bertz CT molecular complexity index is 323. The molecule has 0 fully saturated rings. The first-order valence-electron chi connectivity index (χ1n) is 5.04. The summed E-state index contributed by atoms with van der Waals surface area (Å²) in [6, 6.07) is 10.3. The van der Waals surface area contributed by atoms with Crippen LogP contribution in [0.4, 0.5) is 0 Å². The van der Waals surface area contributed by atoms with E-state index >= 15 is 0 Å². The summed E-state index contributed by atoms with van der Waals surface area (Å²) in [5.74, 6) is -0.373. The summed E-state index contributed by atoms with van der Waals surface area (Å²) in [6.45, 7) is 3.50. The first-order chi connectivity index (χ1) is 7.56. The molecule has 4 nitrogen and oxygen atoms in total. The number of aryl methyl sites for hydroxylation is 1. The molecule has 0 heterocycles. The van der Waals surface area contributed by atoms with Gasteiger partial charge < -0.3 is 11.1 Å². The van der Waals surface area contributed by atoms with E-state index in [1.54, 1.807) is 0 Å². The molecular weight excluding hydrogens is 204 g/mol. The molecule has 3 N–H and O–H groups in total. The Balaban J connectivity index is 0.000000288. The monoisotopic (exact) mass is 222 g/mol. The quantitative estimate of drug-likeness (QED) is 0.788. The molecule has 0 bridgehead atoms. The summed E-state index contributed by atoms with van der Waals surface area (Å²) in [5, 5.41) is 2.32. The van der Waals surface area contributed by atoms with Gasteiger partial charge >= 0.3 is 0 Å². The van der Waals surface area contributed by atoms with Crippen LogP contribution >= 0.6 is 0 Å². The van der Waals surface area contributed by atoms with Crippen LogP contribution in [0.3, 0.4) is 0 Å². The van der Waals surface area contributed by atoms with Crippen molar-refractivity contribution in [2.45, 2.75) is 13.8 Å². The Kier molecular flexibility index (Phi) is 7.71. The van der Waals surface area contributed by atoms with Crippen molar-refractivity contribution >= 4 is 11.7 Å². The molecule has 0 aliphatic carbocycles. The molecule has 0 saturated heterocycles. The first-order valence-corrected chi connectivity index (χ1v) is 5.04. The fraction of sp³-hybridized carbons (Fsp3) is 0.333. The van der Waals surface area contributed by atoms with Gasteiger partial charge in [0.2, 0.25) is 5.91 Å². The number of amides is 1. The molecule has 0 saturated carbocycles. The van der Waals surface area contributed by atoms with Crippen LogP contribution in [0.2, 0.25) is 0 Å². The molecule has 1 aromatic rings. The van der Waals surface area contributed by atoms with Gasteiger partial charge in [0.15, 0.2) is 0 Å². The molecule has 88 valence electrons. The molecule has 4 heteroatoms. The van der Waals surface area contributed by atoms with Gasteiger partial charge in [-0.1, -0.05) is 35.9 Å². The van der Waals surface area contributed by atoms with Gasteiger partial charge in [-0.25, -0.2) is 0 Å². The number of nitrogens with two attached hydrogens (primary N) is 1. The van der Waals surface area contributed by atoms with Crippen molar-refractivity contribution in [3.63, 3.8) is 0 Å². The number of carbonyl (C=O) groups is 2. The summed E-state index contributed by atoms with van der Waals surface area (Å²) in [6.07, 6.45) is 0. The maximum atomic E-state index is 10.3. The predicted molar refractivity (Wildman–Crippen MR) is 63.9 cm³/mol. The number of nitrogens with one attached hydrogen (secondary N) is 1. The topological polar surface area (TPSA) is 72.2 Å². The lowest BCUT2D eigenvalue weighted by molar-refractivity contribution is -0.123.